The van der Waals surface area contributed by atoms with E-state index in [1.807, 2.05) is 5.38 Å². The Morgan fingerprint density at radius 3 is 2.71 bits per heavy atom. The van der Waals surface area contributed by atoms with Crippen molar-refractivity contribution in [3.63, 3.8) is 0 Å². The van der Waals surface area contributed by atoms with Crippen molar-refractivity contribution in [3.05, 3.63) is 41.7 Å². The van der Waals surface area contributed by atoms with Crippen LogP contribution in [0.2, 0.25) is 0 Å². The fourth-order valence-corrected chi connectivity index (χ4v) is 3.44. The lowest BCUT2D eigenvalue weighted by atomic mass is 10.4. The molecule has 0 atom stereocenters. The maximum absolute atomic E-state index is 11.8. The Labute approximate surface area is 143 Å². The average Bonchev–Trinajstić information content (AvgIpc) is 3.01. The number of hydrogen-bond acceptors (Lipinski definition) is 9. The standard InChI is InChI=1S/C14H14N6O2S2/c1-9-17-7-12(24(2,21)22)13(19-9)18-5-10-8-23-14(20-10)11-6-15-3-4-16-11/h3-4,6-8H,5H2,1-2H3,(H,17,18,19). The summed E-state index contributed by atoms with van der Waals surface area (Å²) in [4.78, 5) is 20.9. The molecule has 0 spiro atoms. The Balaban J connectivity index is 1.80. The summed E-state index contributed by atoms with van der Waals surface area (Å²) < 4.78 is 23.6. The summed E-state index contributed by atoms with van der Waals surface area (Å²) in [5.41, 5.74) is 1.46. The third-order valence-electron chi connectivity index (χ3n) is 3.05. The summed E-state index contributed by atoms with van der Waals surface area (Å²) >= 11 is 1.45. The van der Waals surface area contributed by atoms with E-state index in [1.165, 1.54) is 17.5 Å². The van der Waals surface area contributed by atoms with Gasteiger partial charge in [0.1, 0.15) is 27.2 Å². The molecule has 0 saturated carbocycles. The van der Waals surface area contributed by atoms with Crippen LogP contribution < -0.4 is 5.32 Å². The minimum Gasteiger partial charge on any atom is -0.363 e. The van der Waals surface area contributed by atoms with Gasteiger partial charge in [0.25, 0.3) is 0 Å². The Morgan fingerprint density at radius 1 is 1.17 bits per heavy atom. The smallest absolute Gasteiger partial charge is 0.180 e. The molecule has 3 heterocycles. The number of aromatic nitrogens is 5. The van der Waals surface area contributed by atoms with E-state index in [4.69, 9.17) is 0 Å². The molecule has 3 rings (SSSR count). The molecule has 0 fully saturated rings. The Bertz CT molecular complexity index is 956. The number of nitrogens with zero attached hydrogens (tertiary/aromatic N) is 5. The van der Waals surface area contributed by atoms with Crippen molar-refractivity contribution in [1.29, 1.82) is 0 Å². The van der Waals surface area contributed by atoms with Gasteiger partial charge in [0, 0.05) is 24.0 Å². The van der Waals surface area contributed by atoms with Crippen molar-refractivity contribution in [1.82, 2.24) is 24.9 Å². The van der Waals surface area contributed by atoms with Crippen LogP contribution >= 0.6 is 11.3 Å². The van der Waals surface area contributed by atoms with Gasteiger partial charge in [-0.15, -0.1) is 11.3 Å². The minimum absolute atomic E-state index is 0.0671. The van der Waals surface area contributed by atoms with Crippen LogP contribution in [0.4, 0.5) is 5.82 Å². The lowest BCUT2D eigenvalue weighted by molar-refractivity contribution is 0.601. The number of rotatable bonds is 5. The molecule has 0 aliphatic rings. The molecule has 10 heteroatoms. The van der Waals surface area contributed by atoms with Gasteiger partial charge in [-0.25, -0.2) is 23.4 Å². The first-order chi connectivity index (χ1) is 11.4. The molecule has 0 bridgehead atoms. The molecular weight excluding hydrogens is 348 g/mol. The van der Waals surface area contributed by atoms with Gasteiger partial charge in [-0.2, -0.15) is 0 Å². The molecule has 0 aliphatic heterocycles. The molecule has 0 aromatic carbocycles. The van der Waals surface area contributed by atoms with Gasteiger partial charge >= 0.3 is 0 Å². The van der Waals surface area contributed by atoms with Crippen molar-refractivity contribution in [2.75, 3.05) is 11.6 Å². The normalized spacial score (nSPS) is 11.4. The molecule has 3 aromatic rings. The van der Waals surface area contributed by atoms with Gasteiger partial charge < -0.3 is 5.32 Å². The maximum Gasteiger partial charge on any atom is 0.180 e. The molecule has 1 N–H and O–H groups in total. The van der Waals surface area contributed by atoms with Crippen LogP contribution in [0.15, 0.2) is 35.1 Å². The van der Waals surface area contributed by atoms with E-state index in [-0.39, 0.29) is 10.7 Å². The molecule has 8 nitrogen and oxygen atoms in total. The first-order valence-electron chi connectivity index (χ1n) is 6.92. The second kappa shape index (κ2) is 6.57. The average molecular weight is 362 g/mol. The molecule has 0 saturated heterocycles. The third kappa shape index (κ3) is 3.71. The summed E-state index contributed by atoms with van der Waals surface area (Å²) in [6.07, 6.45) is 7.29. The van der Waals surface area contributed by atoms with E-state index in [0.717, 1.165) is 17.0 Å². The van der Waals surface area contributed by atoms with E-state index in [9.17, 15) is 8.42 Å². The minimum atomic E-state index is -3.42. The van der Waals surface area contributed by atoms with Crippen LogP contribution in [-0.4, -0.2) is 39.6 Å². The molecule has 0 unspecified atom stereocenters. The molecular formula is C14H14N6O2S2. The summed E-state index contributed by atoms with van der Waals surface area (Å²) in [6, 6.07) is 0. The van der Waals surface area contributed by atoms with Gasteiger partial charge in [0.15, 0.2) is 9.84 Å². The van der Waals surface area contributed by atoms with Crippen LogP contribution in [0.1, 0.15) is 11.5 Å². The highest BCUT2D eigenvalue weighted by Gasteiger charge is 2.16. The maximum atomic E-state index is 11.8. The van der Waals surface area contributed by atoms with Crippen LogP contribution in [0.5, 0.6) is 0 Å². The first kappa shape index (κ1) is 16.4. The van der Waals surface area contributed by atoms with Gasteiger partial charge in [0.05, 0.1) is 24.6 Å². The Kier molecular flexibility index (Phi) is 4.49. The quantitative estimate of drug-likeness (QED) is 0.730. The Hall–Kier alpha value is -2.46. The fraction of sp³-hybridized carbons (Fsp3) is 0.214. The van der Waals surface area contributed by atoms with Crippen molar-refractivity contribution in [3.8, 4) is 10.7 Å². The van der Waals surface area contributed by atoms with Gasteiger partial charge in [-0.05, 0) is 6.92 Å². The van der Waals surface area contributed by atoms with Crippen molar-refractivity contribution < 1.29 is 8.42 Å². The second-order valence-corrected chi connectivity index (χ2v) is 7.83. The molecule has 24 heavy (non-hydrogen) atoms. The number of aryl methyl sites for hydroxylation is 1. The first-order valence-corrected chi connectivity index (χ1v) is 9.69. The molecule has 0 radical (unpaired) electrons. The summed E-state index contributed by atoms with van der Waals surface area (Å²) in [5, 5.41) is 5.65. The van der Waals surface area contributed by atoms with Gasteiger partial charge in [-0.1, -0.05) is 0 Å². The predicted octanol–water partition coefficient (Wildman–Crippen LogP) is 1.71. The van der Waals surface area contributed by atoms with Gasteiger partial charge in [-0.3, -0.25) is 9.97 Å². The van der Waals surface area contributed by atoms with E-state index in [1.54, 1.807) is 25.5 Å². The summed E-state index contributed by atoms with van der Waals surface area (Å²) in [7, 11) is -3.42. The number of hydrogen-bond donors (Lipinski definition) is 1. The van der Waals surface area contributed by atoms with Crippen molar-refractivity contribution in [2.24, 2.45) is 0 Å². The monoisotopic (exact) mass is 362 g/mol. The molecule has 3 aromatic heterocycles. The van der Waals surface area contributed by atoms with Crippen molar-refractivity contribution in [2.45, 2.75) is 18.4 Å². The van der Waals surface area contributed by atoms with Crippen molar-refractivity contribution >= 4 is 27.0 Å². The fourth-order valence-electron chi connectivity index (χ4n) is 1.95. The Morgan fingerprint density at radius 2 is 2.00 bits per heavy atom. The molecule has 0 aliphatic carbocycles. The highest BCUT2D eigenvalue weighted by molar-refractivity contribution is 7.90. The topological polar surface area (TPSA) is 111 Å². The zero-order valence-electron chi connectivity index (χ0n) is 13.0. The lowest BCUT2D eigenvalue weighted by Crippen LogP contribution is -2.10. The number of nitrogens with one attached hydrogen (secondary N) is 1. The molecule has 124 valence electrons. The van der Waals surface area contributed by atoms with E-state index < -0.39 is 9.84 Å². The highest BCUT2D eigenvalue weighted by atomic mass is 32.2. The van der Waals surface area contributed by atoms with Crippen LogP contribution in [0.25, 0.3) is 10.7 Å². The highest BCUT2D eigenvalue weighted by Crippen LogP contribution is 2.22. The predicted molar refractivity (Wildman–Crippen MR) is 90.3 cm³/mol. The zero-order chi connectivity index (χ0) is 17.2. The second-order valence-electron chi connectivity index (χ2n) is 4.99. The molecule has 0 amide bonds. The van der Waals surface area contributed by atoms with Gasteiger partial charge in [0.2, 0.25) is 0 Å². The largest absolute Gasteiger partial charge is 0.363 e. The SMILES string of the molecule is Cc1ncc(S(C)(=O)=O)c(NCc2csc(-c3cnccn3)n2)n1. The van der Waals surface area contributed by atoms with E-state index in [0.29, 0.717) is 18.1 Å². The zero-order valence-corrected chi connectivity index (χ0v) is 14.6. The third-order valence-corrected chi connectivity index (χ3v) is 5.06. The number of thiazole rings is 1. The summed E-state index contributed by atoms with van der Waals surface area (Å²) in [6.45, 7) is 2.04. The van der Waals surface area contributed by atoms with Crippen LogP contribution in [0, 0.1) is 6.92 Å². The number of anilines is 1. The van der Waals surface area contributed by atoms with E-state index >= 15 is 0 Å². The van der Waals surface area contributed by atoms with E-state index in [2.05, 4.69) is 30.2 Å². The van der Waals surface area contributed by atoms with Crippen LogP contribution in [0.3, 0.4) is 0 Å². The van der Waals surface area contributed by atoms with Crippen LogP contribution in [-0.2, 0) is 16.4 Å². The summed E-state index contributed by atoms with van der Waals surface area (Å²) in [5.74, 6) is 0.766. The lowest BCUT2D eigenvalue weighted by Gasteiger charge is -2.09. The number of sulfone groups is 1.